The van der Waals surface area contributed by atoms with Crippen LogP contribution >= 0.6 is 0 Å². The number of hydrogen-bond donors (Lipinski definition) is 2. The number of carbonyl (C=O) groups is 1. The highest BCUT2D eigenvalue weighted by Crippen LogP contribution is 2.30. The molecule has 110 valence electrons. The Labute approximate surface area is 116 Å². The fourth-order valence-electron chi connectivity index (χ4n) is 3.56. The third-order valence-electron chi connectivity index (χ3n) is 4.85. The topological polar surface area (TPSA) is 66.6 Å². The SMILES string of the molecule is CC1CCC(N)C(C(=O)N2CCCCCC2CO)C1. The second kappa shape index (κ2) is 6.71. The Morgan fingerprint density at radius 1 is 1.26 bits per heavy atom. The lowest BCUT2D eigenvalue weighted by Crippen LogP contribution is -2.51. The van der Waals surface area contributed by atoms with Crippen LogP contribution in [0.1, 0.15) is 51.9 Å². The molecule has 0 aromatic heterocycles. The summed E-state index contributed by atoms with van der Waals surface area (Å²) >= 11 is 0. The molecule has 0 radical (unpaired) electrons. The summed E-state index contributed by atoms with van der Waals surface area (Å²) in [7, 11) is 0. The molecule has 0 spiro atoms. The Kier molecular flexibility index (Phi) is 5.22. The Morgan fingerprint density at radius 2 is 2.05 bits per heavy atom. The normalized spacial score (nSPS) is 36.9. The smallest absolute Gasteiger partial charge is 0.227 e. The molecule has 1 heterocycles. The summed E-state index contributed by atoms with van der Waals surface area (Å²) in [5.74, 6) is 0.754. The van der Waals surface area contributed by atoms with E-state index < -0.39 is 0 Å². The van der Waals surface area contributed by atoms with E-state index in [9.17, 15) is 9.90 Å². The number of aliphatic hydroxyl groups excluding tert-OH is 1. The fourth-order valence-corrected chi connectivity index (χ4v) is 3.56. The van der Waals surface area contributed by atoms with Gasteiger partial charge in [-0.25, -0.2) is 0 Å². The highest BCUT2D eigenvalue weighted by atomic mass is 16.3. The predicted octanol–water partition coefficient (Wildman–Crippen LogP) is 1.51. The van der Waals surface area contributed by atoms with Gasteiger partial charge in [-0.1, -0.05) is 19.8 Å². The second-order valence-electron chi connectivity index (χ2n) is 6.41. The van der Waals surface area contributed by atoms with Crippen molar-refractivity contribution >= 4 is 5.91 Å². The van der Waals surface area contributed by atoms with Crippen LogP contribution in [0.4, 0.5) is 0 Å². The molecule has 1 saturated heterocycles. The quantitative estimate of drug-likeness (QED) is 0.798. The average molecular weight is 268 g/mol. The molecule has 19 heavy (non-hydrogen) atoms. The maximum atomic E-state index is 12.8. The first kappa shape index (κ1) is 14.8. The molecule has 1 aliphatic heterocycles. The largest absolute Gasteiger partial charge is 0.394 e. The monoisotopic (exact) mass is 268 g/mol. The Morgan fingerprint density at radius 3 is 2.79 bits per heavy atom. The lowest BCUT2D eigenvalue weighted by atomic mass is 9.78. The summed E-state index contributed by atoms with van der Waals surface area (Å²) in [5, 5.41) is 9.53. The van der Waals surface area contributed by atoms with Crippen LogP contribution in [0.3, 0.4) is 0 Å². The molecular formula is C15H28N2O2. The summed E-state index contributed by atoms with van der Waals surface area (Å²) in [5.41, 5.74) is 6.16. The molecule has 2 fully saturated rings. The van der Waals surface area contributed by atoms with E-state index in [0.29, 0.717) is 5.92 Å². The minimum atomic E-state index is -0.0316. The third kappa shape index (κ3) is 3.48. The molecule has 1 saturated carbocycles. The molecule has 4 heteroatoms. The summed E-state index contributed by atoms with van der Waals surface area (Å²) in [6.07, 6.45) is 7.26. The van der Waals surface area contributed by atoms with Crippen molar-refractivity contribution in [2.75, 3.05) is 13.2 Å². The van der Waals surface area contributed by atoms with Crippen LogP contribution < -0.4 is 5.73 Å². The Balaban J connectivity index is 2.06. The van der Waals surface area contributed by atoms with Gasteiger partial charge in [-0.3, -0.25) is 4.79 Å². The zero-order chi connectivity index (χ0) is 13.8. The van der Waals surface area contributed by atoms with Crippen LogP contribution in [-0.2, 0) is 4.79 Å². The summed E-state index contributed by atoms with van der Waals surface area (Å²) in [6.45, 7) is 3.09. The molecule has 2 rings (SSSR count). The van der Waals surface area contributed by atoms with Crippen LogP contribution in [0.2, 0.25) is 0 Å². The molecule has 4 unspecified atom stereocenters. The highest BCUT2D eigenvalue weighted by molar-refractivity contribution is 5.80. The molecule has 2 aliphatic rings. The number of rotatable bonds is 2. The van der Waals surface area contributed by atoms with E-state index in [1.54, 1.807) is 0 Å². The van der Waals surface area contributed by atoms with E-state index in [-0.39, 0.29) is 30.5 Å². The number of hydrogen-bond acceptors (Lipinski definition) is 3. The molecule has 4 nitrogen and oxygen atoms in total. The van der Waals surface area contributed by atoms with Gasteiger partial charge in [0.05, 0.1) is 18.6 Å². The van der Waals surface area contributed by atoms with E-state index in [4.69, 9.17) is 5.73 Å². The maximum Gasteiger partial charge on any atom is 0.227 e. The molecule has 1 aliphatic carbocycles. The van der Waals surface area contributed by atoms with E-state index in [1.165, 1.54) is 0 Å². The molecule has 0 aromatic carbocycles. The van der Waals surface area contributed by atoms with Crippen molar-refractivity contribution in [3.8, 4) is 0 Å². The van der Waals surface area contributed by atoms with Gasteiger partial charge >= 0.3 is 0 Å². The van der Waals surface area contributed by atoms with Gasteiger partial charge in [0.25, 0.3) is 0 Å². The summed E-state index contributed by atoms with van der Waals surface area (Å²) in [6, 6.07) is 0.0192. The zero-order valence-electron chi connectivity index (χ0n) is 12.1. The number of carbonyl (C=O) groups excluding carboxylic acids is 1. The number of nitrogens with zero attached hydrogens (tertiary/aromatic N) is 1. The van der Waals surface area contributed by atoms with Gasteiger partial charge < -0.3 is 15.7 Å². The van der Waals surface area contributed by atoms with Crippen LogP contribution in [0.15, 0.2) is 0 Å². The average Bonchev–Trinajstić information content (AvgIpc) is 2.65. The fraction of sp³-hybridized carbons (Fsp3) is 0.933. The first-order chi connectivity index (χ1) is 9.13. The van der Waals surface area contributed by atoms with Crippen molar-refractivity contribution in [2.45, 2.75) is 64.0 Å². The van der Waals surface area contributed by atoms with Gasteiger partial charge in [-0.05, 0) is 38.0 Å². The van der Waals surface area contributed by atoms with Crippen molar-refractivity contribution in [3.05, 3.63) is 0 Å². The van der Waals surface area contributed by atoms with Gasteiger partial charge in [0.2, 0.25) is 5.91 Å². The minimum absolute atomic E-state index is 0.00583. The Hall–Kier alpha value is -0.610. The number of amides is 1. The first-order valence-corrected chi connectivity index (χ1v) is 7.80. The van der Waals surface area contributed by atoms with Gasteiger partial charge in [-0.2, -0.15) is 0 Å². The molecule has 0 aromatic rings. The van der Waals surface area contributed by atoms with Crippen LogP contribution in [0, 0.1) is 11.8 Å². The second-order valence-corrected chi connectivity index (χ2v) is 6.41. The van der Waals surface area contributed by atoms with Gasteiger partial charge in [0, 0.05) is 12.6 Å². The summed E-state index contributed by atoms with van der Waals surface area (Å²) < 4.78 is 0. The van der Waals surface area contributed by atoms with Gasteiger partial charge in [0.15, 0.2) is 0 Å². The zero-order valence-corrected chi connectivity index (χ0v) is 12.1. The van der Waals surface area contributed by atoms with Gasteiger partial charge in [-0.15, -0.1) is 0 Å². The van der Waals surface area contributed by atoms with E-state index in [2.05, 4.69) is 6.92 Å². The molecule has 0 bridgehead atoms. The van der Waals surface area contributed by atoms with Crippen molar-refractivity contribution in [3.63, 3.8) is 0 Å². The Bertz CT molecular complexity index is 309. The van der Waals surface area contributed by atoms with Crippen molar-refractivity contribution in [1.29, 1.82) is 0 Å². The van der Waals surface area contributed by atoms with Gasteiger partial charge in [0.1, 0.15) is 0 Å². The maximum absolute atomic E-state index is 12.8. The highest BCUT2D eigenvalue weighted by Gasteiger charge is 2.36. The van der Waals surface area contributed by atoms with Crippen LogP contribution in [0.25, 0.3) is 0 Å². The first-order valence-electron chi connectivity index (χ1n) is 7.80. The lowest BCUT2D eigenvalue weighted by Gasteiger charge is -2.37. The van der Waals surface area contributed by atoms with Crippen molar-refractivity contribution < 1.29 is 9.90 Å². The molecule has 4 atom stereocenters. The molecule has 1 amide bonds. The van der Waals surface area contributed by atoms with Crippen molar-refractivity contribution in [2.24, 2.45) is 17.6 Å². The lowest BCUT2D eigenvalue weighted by molar-refractivity contribution is -0.141. The molecular weight excluding hydrogens is 240 g/mol. The standard InChI is InChI=1S/C15H28N2O2/c1-11-6-7-14(16)13(9-11)15(19)17-8-4-2-3-5-12(17)10-18/h11-14,18H,2-10,16H2,1H3. The van der Waals surface area contributed by atoms with E-state index >= 15 is 0 Å². The summed E-state index contributed by atoms with van der Waals surface area (Å²) in [4.78, 5) is 14.7. The van der Waals surface area contributed by atoms with E-state index in [1.807, 2.05) is 4.90 Å². The number of nitrogens with two attached hydrogens (primary N) is 1. The number of likely N-dealkylation sites (tertiary alicyclic amines) is 1. The third-order valence-corrected chi connectivity index (χ3v) is 4.85. The molecule has 3 N–H and O–H groups in total. The number of aliphatic hydroxyl groups is 1. The predicted molar refractivity (Wildman–Crippen MR) is 75.5 cm³/mol. The van der Waals surface area contributed by atoms with Crippen LogP contribution in [-0.4, -0.2) is 41.1 Å². The van der Waals surface area contributed by atoms with E-state index in [0.717, 1.165) is 51.5 Å². The van der Waals surface area contributed by atoms with Crippen molar-refractivity contribution in [1.82, 2.24) is 4.90 Å². The van der Waals surface area contributed by atoms with Crippen LogP contribution in [0.5, 0.6) is 0 Å². The minimum Gasteiger partial charge on any atom is -0.394 e.